The fraction of sp³-hybridized carbons (Fsp3) is 0.211. The van der Waals surface area contributed by atoms with Gasteiger partial charge in [0.05, 0.1) is 31.2 Å². The monoisotopic (exact) mass is 411 g/mol. The minimum absolute atomic E-state index is 0.340. The van der Waals surface area contributed by atoms with Gasteiger partial charge in [0.25, 0.3) is 5.56 Å². The van der Waals surface area contributed by atoms with Crippen molar-refractivity contribution in [3.05, 3.63) is 68.1 Å². The van der Waals surface area contributed by atoms with Gasteiger partial charge in [-0.2, -0.15) is 0 Å². The first kappa shape index (κ1) is 18.8. The summed E-state index contributed by atoms with van der Waals surface area (Å²) in [6.07, 6.45) is 1.54. The molecule has 0 atom stereocenters. The van der Waals surface area contributed by atoms with Gasteiger partial charge in [-0.1, -0.05) is 12.1 Å². The third-order valence-corrected chi connectivity index (χ3v) is 5.59. The molecule has 0 aliphatic carbocycles. The number of hydrogen-bond acceptors (Lipinski definition) is 7. The number of hydrogen-bond donors (Lipinski definition) is 0. The van der Waals surface area contributed by atoms with Gasteiger partial charge in [-0.3, -0.25) is 13.9 Å². The molecule has 0 radical (unpaired) electrons. The predicted octanol–water partition coefficient (Wildman–Crippen LogP) is 1.39. The van der Waals surface area contributed by atoms with Crippen molar-refractivity contribution in [3.63, 3.8) is 0 Å². The predicted molar refractivity (Wildman–Crippen MR) is 108 cm³/mol. The van der Waals surface area contributed by atoms with E-state index in [1.165, 1.54) is 36.4 Å². The van der Waals surface area contributed by atoms with E-state index in [0.29, 0.717) is 23.3 Å². The van der Waals surface area contributed by atoms with Crippen LogP contribution < -0.4 is 11.2 Å². The molecule has 0 amide bonds. The zero-order valence-corrected chi connectivity index (χ0v) is 16.8. The summed E-state index contributed by atoms with van der Waals surface area (Å²) < 4.78 is 8.81. The molecule has 0 aliphatic heterocycles. The van der Waals surface area contributed by atoms with Crippen molar-refractivity contribution >= 4 is 28.5 Å². The molecule has 0 aliphatic rings. The van der Waals surface area contributed by atoms with Gasteiger partial charge in [0.2, 0.25) is 0 Å². The van der Waals surface area contributed by atoms with Crippen molar-refractivity contribution in [1.82, 2.24) is 23.7 Å². The molecule has 9 nitrogen and oxygen atoms in total. The lowest BCUT2D eigenvalue weighted by atomic mass is 10.1. The first-order valence-corrected chi connectivity index (χ1v) is 9.52. The van der Waals surface area contributed by atoms with E-state index in [4.69, 9.17) is 4.74 Å². The van der Waals surface area contributed by atoms with Crippen LogP contribution in [0.15, 0.2) is 45.6 Å². The molecule has 29 heavy (non-hydrogen) atoms. The maximum absolute atomic E-state index is 12.5. The highest BCUT2D eigenvalue weighted by Gasteiger charge is 2.15. The molecule has 0 saturated carbocycles. The van der Waals surface area contributed by atoms with E-state index in [-0.39, 0.29) is 5.97 Å². The van der Waals surface area contributed by atoms with Gasteiger partial charge in [-0.05, 0) is 12.1 Å². The summed E-state index contributed by atoms with van der Waals surface area (Å²) in [4.78, 5) is 45.0. The Balaban J connectivity index is 1.66. The number of aromatic nitrogens is 5. The molecule has 0 unspecified atom stereocenters. The number of aryl methyl sites for hydroxylation is 1. The SMILES string of the molecule is COC(=O)c1ccc(-c2nc(Cn3cnc4c3c(=O)n(C)c(=O)n4C)cs2)cc1. The summed E-state index contributed by atoms with van der Waals surface area (Å²) in [6, 6.07) is 7.01. The van der Waals surface area contributed by atoms with Crippen LogP contribution in [0.4, 0.5) is 0 Å². The quantitative estimate of drug-likeness (QED) is 0.471. The second kappa shape index (κ2) is 7.13. The van der Waals surface area contributed by atoms with Gasteiger partial charge in [0.15, 0.2) is 11.2 Å². The van der Waals surface area contributed by atoms with E-state index in [9.17, 15) is 14.4 Å². The van der Waals surface area contributed by atoms with Crippen molar-refractivity contribution in [1.29, 1.82) is 0 Å². The largest absolute Gasteiger partial charge is 0.465 e. The zero-order chi connectivity index (χ0) is 20.7. The van der Waals surface area contributed by atoms with Crippen molar-refractivity contribution in [3.8, 4) is 10.6 Å². The number of imidazole rings is 1. The molecule has 10 heteroatoms. The molecule has 148 valence electrons. The number of ether oxygens (including phenoxy) is 1. The molecule has 3 heterocycles. The highest BCUT2D eigenvalue weighted by Crippen LogP contribution is 2.25. The van der Waals surface area contributed by atoms with Gasteiger partial charge in [-0.25, -0.2) is 19.6 Å². The van der Waals surface area contributed by atoms with E-state index in [0.717, 1.165) is 20.8 Å². The third-order valence-electron chi connectivity index (χ3n) is 4.65. The molecule has 0 bridgehead atoms. The number of fused-ring (bicyclic) bond motifs is 1. The Bertz CT molecular complexity index is 1340. The Morgan fingerprint density at radius 3 is 2.55 bits per heavy atom. The summed E-state index contributed by atoms with van der Waals surface area (Å²) in [5, 5.41) is 2.70. The van der Waals surface area contributed by atoms with Crippen LogP contribution in [0.5, 0.6) is 0 Å². The fourth-order valence-corrected chi connectivity index (χ4v) is 3.89. The standard InChI is InChI=1S/C19H17N5O4S/c1-22-15-14(17(25)23(2)19(22)27)24(10-20-15)8-13-9-29-16(21-13)11-4-6-12(7-5-11)18(26)28-3/h4-7,9-10H,8H2,1-3H3. The zero-order valence-electron chi connectivity index (χ0n) is 15.9. The summed E-state index contributed by atoms with van der Waals surface area (Å²) in [7, 11) is 4.37. The van der Waals surface area contributed by atoms with Crippen molar-refractivity contribution in [2.75, 3.05) is 7.11 Å². The summed E-state index contributed by atoms with van der Waals surface area (Å²) in [5.74, 6) is -0.389. The van der Waals surface area contributed by atoms with Gasteiger partial charge in [-0.15, -0.1) is 11.3 Å². The van der Waals surface area contributed by atoms with E-state index in [2.05, 4.69) is 9.97 Å². The molecule has 0 saturated heterocycles. The number of esters is 1. The summed E-state index contributed by atoms with van der Waals surface area (Å²) in [5.41, 5.74) is 1.99. The van der Waals surface area contributed by atoms with Gasteiger partial charge < -0.3 is 9.30 Å². The first-order valence-electron chi connectivity index (χ1n) is 8.64. The number of thiazole rings is 1. The average molecular weight is 411 g/mol. The normalized spacial score (nSPS) is 11.1. The maximum atomic E-state index is 12.5. The Kier molecular flexibility index (Phi) is 4.63. The molecular weight excluding hydrogens is 394 g/mol. The molecule has 4 aromatic rings. The second-order valence-corrected chi connectivity index (χ2v) is 7.32. The van der Waals surface area contributed by atoms with Crippen LogP contribution in [0.1, 0.15) is 16.1 Å². The van der Waals surface area contributed by atoms with E-state index in [1.54, 1.807) is 23.7 Å². The lowest BCUT2D eigenvalue weighted by molar-refractivity contribution is 0.0601. The minimum atomic E-state index is -0.418. The van der Waals surface area contributed by atoms with Crippen molar-refractivity contribution < 1.29 is 9.53 Å². The van der Waals surface area contributed by atoms with Gasteiger partial charge in [0, 0.05) is 25.0 Å². The highest BCUT2D eigenvalue weighted by molar-refractivity contribution is 7.13. The molecule has 0 N–H and O–H groups in total. The Morgan fingerprint density at radius 2 is 1.86 bits per heavy atom. The molecule has 4 rings (SSSR count). The van der Waals surface area contributed by atoms with Crippen molar-refractivity contribution in [2.24, 2.45) is 14.1 Å². The van der Waals surface area contributed by atoms with Crippen LogP contribution in [-0.4, -0.2) is 36.7 Å². The lowest BCUT2D eigenvalue weighted by Crippen LogP contribution is -2.37. The minimum Gasteiger partial charge on any atom is -0.465 e. The van der Waals surface area contributed by atoms with Crippen LogP contribution in [0, 0.1) is 0 Å². The van der Waals surface area contributed by atoms with Crippen LogP contribution in [0.2, 0.25) is 0 Å². The van der Waals surface area contributed by atoms with Crippen LogP contribution in [0.3, 0.4) is 0 Å². The third kappa shape index (κ3) is 3.17. The van der Waals surface area contributed by atoms with Crippen LogP contribution >= 0.6 is 11.3 Å². The average Bonchev–Trinajstić information content (AvgIpc) is 3.38. The number of carbonyl (C=O) groups is 1. The van der Waals surface area contributed by atoms with Crippen LogP contribution in [0.25, 0.3) is 21.7 Å². The lowest BCUT2D eigenvalue weighted by Gasteiger charge is -2.05. The smallest absolute Gasteiger partial charge is 0.337 e. The molecule has 0 spiro atoms. The number of rotatable bonds is 4. The molecule has 0 fully saturated rings. The summed E-state index contributed by atoms with van der Waals surface area (Å²) in [6.45, 7) is 0.348. The fourth-order valence-electron chi connectivity index (χ4n) is 3.07. The topological polar surface area (TPSA) is 101 Å². The van der Waals surface area contributed by atoms with E-state index < -0.39 is 11.2 Å². The Morgan fingerprint density at radius 1 is 1.14 bits per heavy atom. The number of benzene rings is 1. The van der Waals surface area contributed by atoms with Crippen molar-refractivity contribution in [2.45, 2.75) is 6.54 Å². The van der Waals surface area contributed by atoms with E-state index >= 15 is 0 Å². The first-order chi connectivity index (χ1) is 13.9. The maximum Gasteiger partial charge on any atom is 0.337 e. The second-order valence-electron chi connectivity index (χ2n) is 6.46. The number of nitrogens with zero attached hydrogens (tertiary/aromatic N) is 5. The molecule has 3 aromatic heterocycles. The Hall–Kier alpha value is -3.53. The Labute approximate surface area is 168 Å². The van der Waals surface area contributed by atoms with E-state index in [1.807, 2.05) is 17.5 Å². The summed E-state index contributed by atoms with van der Waals surface area (Å²) >= 11 is 1.46. The van der Waals surface area contributed by atoms with Crippen LogP contribution in [-0.2, 0) is 25.4 Å². The number of carbonyl (C=O) groups excluding carboxylic acids is 1. The number of methoxy groups -OCH3 is 1. The van der Waals surface area contributed by atoms with Gasteiger partial charge in [0.1, 0.15) is 5.01 Å². The highest BCUT2D eigenvalue weighted by atomic mass is 32.1. The molecular formula is C19H17N5O4S. The van der Waals surface area contributed by atoms with Gasteiger partial charge >= 0.3 is 11.7 Å². The molecule has 1 aromatic carbocycles.